The summed E-state index contributed by atoms with van der Waals surface area (Å²) in [4.78, 5) is 11.4. The van der Waals surface area contributed by atoms with Gasteiger partial charge >= 0.3 is 0 Å². The van der Waals surface area contributed by atoms with E-state index in [-0.39, 0.29) is 11.0 Å². The monoisotopic (exact) mass is 284 g/mol. The van der Waals surface area contributed by atoms with Crippen LogP contribution in [-0.4, -0.2) is 18.8 Å². The lowest BCUT2D eigenvalue weighted by molar-refractivity contribution is 0.354. The Morgan fingerprint density at radius 2 is 1.95 bits per heavy atom. The van der Waals surface area contributed by atoms with Crippen LogP contribution in [0.4, 0.5) is 0 Å². The summed E-state index contributed by atoms with van der Waals surface area (Å²) in [6.07, 6.45) is 4.01. The zero-order chi connectivity index (χ0) is 15.2. The highest BCUT2D eigenvalue weighted by Crippen LogP contribution is 2.27. The molecule has 0 bridgehead atoms. The molecule has 1 aromatic heterocycles. The van der Waals surface area contributed by atoms with Crippen molar-refractivity contribution in [2.75, 3.05) is 14.2 Å². The number of rotatable bonds is 5. The molecule has 108 valence electrons. The van der Waals surface area contributed by atoms with Crippen LogP contribution in [0.25, 0.3) is 0 Å². The standard InChI is InChI=1S/C16H16N2O3/c1-20-15-4-3-12(9-16(15)21-2)5-7-18-8-6-14(19)13(10-17)11-18/h3-4,6,8-9,11H,5,7H2,1-2H3. The molecule has 0 amide bonds. The second kappa shape index (κ2) is 6.62. The first-order chi connectivity index (χ1) is 10.2. The zero-order valence-electron chi connectivity index (χ0n) is 12.0. The normalized spacial score (nSPS) is 9.95. The van der Waals surface area contributed by atoms with Crippen molar-refractivity contribution >= 4 is 0 Å². The van der Waals surface area contributed by atoms with Gasteiger partial charge in [0.1, 0.15) is 11.6 Å². The Morgan fingerprint density at radius 1 is 1.19 bits per heavy atom. The topological polar surface area (TPSA) is 64.2 Å². The number of hydrogen-bond acceptors (Lipinski definition) is 4. The molecule has 0 aliphatic carbocycles. The van der Waals surface area contributed by atoms with Gasteiger partial charge in [0.2, 0.25) is 0 Å². The van der Waals surface area contributed by atoms with Gasteiger partial charge in [-0.15, -0.1) is 0 Å². The summed E-state index contributed by atoms with van der Waals surface area (Å²) < 4.78 is 12.3. The summed E-state index contributed by atoms with van der Waals surface area (Å²) in [7, 11) is 3.20. The first-order valence-electron chi connectivity index (χ1n) is 6.49. The van der Waals surface area contributed by atoms with Crippen molar-refractivity contribution in [1.29, 1.82) is 5.26 Å². The van der Waals surface area contributed by atoms with Gasteiger partial charge in [-0.1, -0.05) is 6.07 Å². The van der Waals surface area contributed by atoms with Gasteiger partial charge in [-0.05, 0) is 24.1 Å². The van der Waals surface area contributed by atoms with Gasteiger partial charge in [-0.25, -0.2) is 0 Å². The maximum absolute atomic E-state index is 11.4. The van der Waals surface area contributed by atoms with E-state index < -0.39 is 0 Å². The SMILES string of the molecule is COc1ccc(CCn2ccc(=O)c(C#N)c2)cc1OC. The van der Waals surface area contributed by atoms with Crippen molar-refractivity contribution < 1.29 is 9.47 Å². The Balaban J connectivity index is 2.13. The molecule has 0 fully saturated rings. The molecule has 1 aromatic carbocycles. The Bertz CT molecular complexity index is 729. The molecular formula is C16H16N2O3. The largest absolute Gasteiger partial charge is 0.493 e. The maximum atomic E-state index is 11.4. The van der Waals surface area contributed by atoms with Crippen LogP contribution in [0.1, 0.15) is 11.1 Å². The van der Waals surface area contributed by atoms with Crippen LogP contribution in [0, 0.1) is 11.3 Å². The Hall–Kier alpha value is -2.74. The first kappa shape index (κ1) is 14.7. The van der Waals surface area contributed by atoms with E-state index >= 15 is 0 Å². The van der Waals surface area contributed by atoms with Crippen molar-refractivity contribution in [2.24, 2.45) is 0 Å². The number of methoxy groups -OCH3 is 2. The van der Waals surface area contributed by atoms with Crippen LogP contribution in [-0.2, 0) is 13.0 Å². The Morgan fingerprint density at radius 3 is 2.62 bits per heavy atom. The third-order valence-corrected chi connectivity index (χ3v) is 3.20. The van der Waals surface area contributed by atoms with Crippen LogP contribution in [0.15, 0.2) is 41.5 Å². The van der Waals surface area contributed by atoms with Crippen molar-refractivity contribution in [3.05, 3.63) is 58.0 Å². The molecule has 0 unspecified atom stereocenters. The average Bonchev–Trinajstić information content (AvgIpc) is 2.53. The molecule has 0 aliphatic heterocycles. The molecule has 0 saturated heterocycles. The molecular weight excluding hydrogens is 268 g/mol. The number of hydrogen-bond donors (Lipinski definition) is 0. The highest BCUT2D eigenvalue weighted by Gasteiger charge is 2.05. The summed E-state index contributed by atoms with van der Waals surface area (Å²) in [5.74, 6) is 1.38. The highest BCUT2D eigenvalue weighted by molar-refractivity contribution is 5.42. The van der Waals surface area contributed by atoms with Gasteiger partial charge in [0.25, 0.3) is 0 Å². The molecule has 5 heteroatoms. The minimum atomic E-state index is -0.250. The predicted octanol–water partition coefficient (Wildman–Crippen LogP) is 1.98. The van der Waals surface area contributed by atoms with Gasteiger partial charge in [-0.3, -0.25) is 4.79 Å². The van der Waals surface area contributed by atoms with E-state index in [1.165, 1.54) is 6.07 Å². The third kappa shape index (κ3) is 3.42. The smallest absolute Gasteiger partial charge is 0.199 e. The Labute approximate surface area is 123 Å². The molecule has 2 rings (SSSR count). The predicted molar refractivity (Wildman–Crippen MR) is 78.7 cm³/mol. The van der Waals surface area contributed by atoms with Crippen molar-refractivity contribution in [3.63, 3.8) is 0 Å². The minimum absolute atomic E-state index is 0.157. The van der Waals surface area contributed by atoms with Gasteiger partial charge < -0.3 is 14.0 Å². The molecule has 2 aromatic rings. The van der Waals surface area contributed by atoms with Gasteiger partial charge in [-0.2, -0.15) is 5.26 Å². The number of nitrogens with zero attached hydrogens (tertiary/aromatic N) is 2. The quantitative estimate of drug-likeness (QED) is 0.842. The lowest BCUT2D eigenvalue weighted by Gasteiger charge is -2.10. The molecule has 0 radical (unpaired) electrons. The molecule has 0 aliphatic rings. The number of aryl methyl sites for hydroxylation is 2. The Kier molecular flexibility index (Phi) is 4.62. The fourth-order valence-electron chi connectivity index (χ4n) is 2.04. The van der Waals surface area contributed by atoms with Crippen LogP contribution in [0.2, 0.25) is 0 Å². The number of aromatic nitrogens is 1. The molecule has 5 nitrogen and oxygen atoms in total. The lowest BCUT2D eigenvalue weighted by Crippen LogP contribution is -2.10. The number of ether oxygens (including phenoxy) is 2. The van der Waals surface area contributed by atoms with Crippen molar-refractivity contribution in [1.82, 2.24) is 4.57 Å². The average molecular weight is 284 g/mol. The molecule has 0 N–H and O–H groups in total. The minimum Gasteiger partial charge on any atom is -0.493 e. The van der Waals surface area contributed by atoms with Crippen LogP contribution < -0.4 is 14.9 Å². The van der Waals surface area contributed by atoms with Gasteiger partial charge in [0.05, 0.1) is 14.2 Å². The maximum Gasteiger partial charge on any atom is 0.199 e. The fraction of sp³-hybridized carbons (Fsp3) is 0.250. The van der Waals surface area contributed by atoms with Crippen LogP contribution in [0.3, 0.4) is 0 Å². The van der Waals surface area contributed by atoms with E-state index in [1.54, 1.807) is 26.6 Å². The summed E-state index contributed by atoms with van der Waals surface area (Å²) in [6, 6.07) is 9.06. The number of benzene rings is 1. The molecule has 21 heavy (non-hydrogen) atoms. The first-order valence-corrected chi connectivity index (χ1v) is 6.49. The number of nitriles is 1. The highest BCUT2D eigenvalue weighted by atomic mass is 16.5. The second-order valence-corrected chi connectivity index (χ2v) is 4.51. The van der Waals surface area contributed by atoms with E-state index in [4.69, 9.17) is 14.7 Å². The summed E-state index contributed by atoms with van der Waals surface area (Å²) in [5, 5.41) is 8.86. The van der Waals surface area contributed by atoms with Gasteiger partial charge in [0, 0.05) is 25.0 Å². The van der Waals surface area contributed by atoms with Crippen molar-refractivity contribution in [2.45, 2.75) is 13.0 Å². The van der Waals surface area contributed by atoms with E-state index in [1.807, 2.05) is 28.8 Å². The van der Waals surface area contributed by atoms with E-state index in [0.29, 0.717) is 18.0 Å². The van der Waals surface area contributed by atoms with Crippen LogP contribution in [0.5, 0.6) is 11.5 Å². The van der Waals surface area contributed by atoms with E-state index in [0.717, 1.165) is 12.0 Å². The third-order valence-electron chi connectivity index (χ3n) is 3.20. The molecule has 1 heterocycles. The van der Waals surface area contributed by atoms with Gasteiger partial charge in [0.15, 0.2) is 16.9 Å². The van der Waals surface area contributed by atoms with Crippen molar-refractivity contribution in [3.8, 4) is 17.6 Å². The summed E-state index contributed by atoms with van der Waals surface area (Å²) in [5.41, 5.74) is 0.995. The molecule has 0 spiro atoms. The summed E-state index contributed by atoms with van der Waals surface area (Å²) >= 11 is 0. The molecule has 0 atom stereocenters. The zero-order valence-corrected chi connectivity index (χ0v) is 12.0. The van der Waals surface area contributed by atoms with Crippen LogP contribution >= 0.6 is 0 Å². The second-order valence-electron chi connectivity index (χ2n) is 4.51. The summed E-state index contributed by atoms with van der Waals surface area (Å²) in [6.45, 7) is 0.671. The van der Waals surface area contributed by atoms with E-state index in [9.17, 15) is 4.79 Å². The van der Waals surface area contributed by atoms with E-state index in [2.05, 4.69) is 0 Å². The lowest BCUT2D eigenvalue weighted by atomic mass is 10.1. The molecule has 0 saturated carbocycles. The fourth-order valence-corrected chi connectivity index (χ4v) is 2.04. The number of pyridine rings is 1.